The second kappa shape index (κ2) is 4.88. The van der Waals surface area contributed by atoms with Crippen LogP contribution in [0.1, 0.15) is 0 Å². The van der Waals surface area contributed by atoms with Gasteiger partial charge in [0.1, 0.15) is 13.5 Å². The normalized spacial score (nSPS) is 15.4. The first-order valence-electron chi connectivity index (χ1n) is 3.79. The highest BCUT2D eigenvalue weighted by Crippen LogP contribution is 1.96. The number of aliphatic imine (C=N–C) groups is 1. The van der Waals surface area contributed by atoms with E-state index in [1.54, 1.807) is 6.19 Å². The van der Waals surface area contributed by atoms with Gasteiger partial charge in [0, 0.05) is 0 Å². The van der Waals surface area contributed by atoms with Crippen LogP contribution in [-0.4, -0.2) is 37.0 Å². The van der Waals surface area contributed by atoms with Crippen LogP contribution in [0.5, 0.6) is 0 Å². The molecule has 8 heteroatoms. The quantitative estimate of drug-likeness (QED) is 0.360. The molecule has 4 N–H and O–H groups in total. The van der Waals surface area contributed by atoms with E-state index in [1.165, 1.54) is 4.90 Å². The Balaban J connectivity index is 2.49. The van der Waals surface area contributed by atoms with Crippen LogP contribution in [-0.2, 0) is 4.74 Å². The summed E-state index contributed by atoms with van der Waals surface area (Å²) >= 11 is 0. The number of ether oxygens (including phenoxy) is 1. The number of primary amides is 1. The molecular weight excluding hydrogens is 188 g/mol. The second-order valence-electron chi connectivity index (χ2n) is 2.42. The minimum Gasteiger partial charge on any atom is -0.352 e. The number of guanidine groups is 1. The van der Waals surface area contributed by atoms with Crippen LogP contribution in [0.2, 0.25) is 0 Å². The molecule has 0 fully saturated rings. The van der Waals surface area contributed by atoms with Gasteiger partial charge in [-0.05, 0) is 0 Å². The monoisotopic (exact) mass is 198 g/mol. The van der Waals surface area contributed by atoms with Gasteiger partial charge in [-0.25, -0.2) is 9.79 Å². The van der Waals surface area contributed by atoms with Crippen molar-refractivity contribution in [2.45, 2.75) is 0 Å². The molecule has 14 heavy (non-hydrogen) atoms. The Bertz CT molecular complexity index is 283. The van der Waals surface area contributed by atoms with E-state index in [9.17, 15) is 4.79 Å². The number of nitrogens with zero attached hydrogens (tertiary/aromatic N) is 3. The standard InChI is InChI=1S/C6H10N6O2/c7-1-9-6-11-3-14-4-12(6)2-10-5(8)13/h2-4H2,(H,9,11)(H3,8,10,13). The fourth-order valence-corrected chi connectivity index (χ4v) is 0.881. The van der Waals surface area contributed by atoms with Crippen LogP contribution in [0.25, 0.3) is 0 Å². The SMILES string of the molecule is N#CNC1=NCOCN1CNC(N)=O. The lowest BCUT2D eigenvalue weighted by Crippen LogP contribution is -2.49. The van der Waals surface area contributed by atoms with E-state index < -0.39 is 6.03 Å². The minimum absolute atomic E-state index is 0.142. The summed E-state index contributed by atoms with van der Waals surface area (Å²) in [4.78, 5) is 15.8. The van der Waals surface area contributed by atoms with Crippen molar-refractivity contribution in [3.05, 3.63) is 0 Å². The number of urea groups is 1. The van der Waals surface area contributed by atoms with Crippen molar-refractivity contribution >= 4 is 12.0 Å². The van der Waals surface area contributed by atoms with Crippen LogP contribution >= 0.6 is 0 Å². The first-order valence-corrected chi connectivity index (χ1v) is 3.79. The van der Waals surface area contributed by atoms with E-state index in [0.717, 1.165) is 0 Å². The molecule has 0 radical (unpaired) electrons. The number of nitrogens with one attached hydrogen (secondary N) is 2. The van der Waals surface area contributed by atoms with E-state index in [2.05, 4.69) is 15.6 Å². The van der Waals surface area contributed by atoms with Crippen molar-refractivity contribution in [2.24, 2.45) is 10.7 Å². The lowest BCUT2D eigenvalue weighted by atomic mass is 10.7. The maximum Gasteiger partial charge on any atom is 0.313 e. The Hall–Kier alpha value is -2.01. The highest BCUT2D eigenvalue weighted by atomic mass is 16.5. The van der Waals surface area contributed by atoms with Gasteiger partial charge >= 0.3 is 6.03 Å². The molecule has 1 aliphatic rings. The highest BCUT2D eigenvalue weighted by Gasteiger charge is 2.14. The third-order valence-electron chi connectivity index (χ3n) is 1.46. The zero-order chi connectivity index (χ0) is 10.4. The molecule has 0 atom stereocenters. The number of carbonyl (C=O) groups is 1. The van der Waals surface area contributed by atoms with E-state index in [1.807, 2.05) is 0 Å². The van der Waals surface area contributed by atoms with Gasteiger partial charge < -0.3 is 20.7 Å². The fraction of sp³-hybridized carbons (Fsp3) is 0.500. The molecule has 0 saturated heterocycles. The number of nitrogens with two attached hydrogens (primary N) is 1. The summed E-state index contributed by atoms with van der Waals surface area (Å²) in [6, 6.07) is -0.646. The van der Waals surface area contributed by atoms with E-state index in [-0.39, 0.29) is 20.1 Å². The van der Waals surface area contributed by atoms with E-state index in [0.29, 0.717) is 5.96 Å². The largest absolute Gasteiger partial charge is 0.352 e. The van der Waals surface area contributed by atoms with Gasteiger partial charge in [0.2, 0.25) is 5.96 Å². The molecular formula is C6H10N6O2. The maximum absolute atomic E-state index is 10.4. The van der Waals surface area contributed by atoms with Crippen molar-refractivity contribution in [3.8, 4) is 6.19 Å². The highest BCUT2D eigenvalue weighted by molar-refractivity contribution is 5.82. The van der Waals surface area contributed by atoms with Gasteiger partial charge in [0.15, 0.2) is 6.19 Å². The summed E-state index contributed by atoms with van der Waals surface area (Å²) in [5.41, 5.74) is 4.89. The van der Waals surface area contributed by atoms with Crippen molar-refractivity contribution in [3.63, 3.8) is 0 Å². The first-order chi connectivity index (χ1) is 6.74. The lowest BCUT2D eigenvalue weighted by Gasteiger charge is -2.27. The number of carbonyl (C=O) groups excluding carboxylic acids is 1. The molecule has 0 spiro atoms. The summed E-state index contributed by atoms with van der Waals surface area (Å²) in [6.07, 6.45) is 1.73. The molecule has 0 aromatic rings. The number of hydrogen-bond acceptors (Lipinski definition) is 6. The smallest absolute Gasteiger partial charge is 0.313 e. The molecule has 1 aliphatic heterocycles. The number of amides is 2. The van der Waals surface area contributed by atoms with Crippen LogP contribution in [0.15, 0.2) is 4.99 Å². The van der Waals surface area contributed by atoms with Gasteiger partial charge in [0.25, 0.3) is 0 Å². The average molecular weight is 198 g/mol. The molecule has 1 heterocycles. The van der Waals surface area contributed by atoms with Gasteiger partial charge in [0.05, 0.1) is 6.67 Å². The third kappa shape index (κ3) is 2.80. The fourth-order valence-electron chi connectivity index (χ4n) is 0.881. The molecule has 2 amide bonds. The Morgan fingerprint density at radius 2 is 2.64 bits per heavy atom. The second-order valence-corrected chi connectivity index (χ2v) is 2.42. The van der Waals surface area contributed by atoms with Crippen LogP contribution < -0.4 is 16.4 Å². The summed E-state index contributed by atoms with van der Waals surface area (Å²) in [5, 5.41) is 13.1. The maximum atomic E-state index is 10.4. The van der Waals surface area contributed by atoms with Gasteiger partial charge in [-0.1, -0.05) is 0 Å². The topological polar surface area (TPSA) is 116 Å². The Kier molecular flexibility index (Phi) is 3.51. The van der Waals surface area contributed by atoms with E-state index >= 15 is 0 Å². The molecule has 0 saturated carbocycles. The van der Waals surface area contributed by atoms with Crippen LogP contribution in [0.4, 0.5) is 4.79 Å². The molecule has 0 aromatic heterocycles. The Labute approximate surface area is 80.3 Å². The van der Waals surface area contributed by atoms with Gasteiger partial charge in [-0.3, -0.25) is 5.32 Å². The summed E-state index contributed by atoms with van der Waals surface area (Å²) in [5.74, 6) is 0.354. The first kappa shape index (κ1) is 10.1. The molecule has 0 bridgehead atoms. The van der Waals surface area contributed by atoms with Crippen molar-refractivity contribution < 1.29 is 9.53 Å². The summed E-state index contributed by atoms with van der Waals surface area (Å²) < 4.78 is 4.99. The molecule has 0 unspecified atom stereocenters. The Morgan fingerprint density at radius 3 is 3.29 bits per heavy atom. The predicted octanol–water partition coefficient (Wildman–Crippen LogP) is -1.71. The zero-order valence-corrected chi connectivity index (χ0v) is 7.36. The van der Waals surface area contributed by atoms with Gasteiger partial charge in [-0.15, -0.1) is 0 Å². The molecule has 1 rings (SSSR count). The summed E-state index contributed by atoms with van der Waals surface area (Å²) in [6.45, 7) is 0.577. The molecule has 76 valence electrons. The molecule has 0 aliphatic carbocycles. The van der Waals surface area contributed by atoms with E-state index in [4.69, 9.17) is 15.7 Å². The summed E-state index contributed by atoms with van der Waals surface area (Å²) in [7, 11) is 0. The molecule has 8 nitrogen and oxygen atoms in total. The van der Waals surface area contributed by atoms with Crippen molar-refractivity contribution in [1.29, 1.82) is 5.26 Å². The van der Waals surface area contributed by atoms with Crippen molar-refractivity contribution in [2.75, 3.05) is 20.1 Å². The van der Waals surface area contributed by atoms with Crippen LogP contribution in [0, 0.1) is 11.5 Å². The molecule has 0 aromatic carbocycles. The third-order valence-corrected chi connectivity index (χ3v) is 1.46. The minimum atomic E-state index is -0.646. The number of hydrogen-bond donors (Lipinski definition) is 3. The van der Waals surface area contributed by atoms with Gasteiger partial charge in [-0.2, -0.15) is 5.26 Å². The lowest BCUT2D eigenvalue weighted by molar-refractivity contribution is 0.0495. The predicted molar refractivity (Wildman–Crippen MR) is 46.4 cm³/mol. The average Bonchev–Trinajstić information content (AvgIpc) is 2.17. The Morgan fingerprint density at radius 1 is 1.86 bits per heavy atom. The number of nitriles is 1. The van der Waals surface area contributed by atoms with Crippen molar-refractivity contribution in [1.82, 2.24) is 15.5 Å². The number of rotatable bonds is 2. The van der Waals surface area contributed by atoms with Crippen LogP contribution in [0.3, 0.4) is 0 Å². The zero-order valence-electron chi connectivity index (χ0n) is 7.36.